The van der Waals surface area contributed by atoms with Gasteiger partial charge in [0.2, 0.25) is 0 Å². The number of hydrogen-bond donors (Lipinski definition) is 0. The van der Waals surface area contributed by atoms with Crippen LogP contribution in [-0.4, -0.2) is 69.9 Å². The molecule has 0 spiro atoms. The van der Waals surface area contributed by atoms with Crippen molar-refractivity contribution in [3.05, 3.63) is 72.1 Å². The molecule has 196 valence electrons. The zero-order chi connectivity index (χ0) is 26.2. The van der Waals surface area contributed by atoms with E-state index >= 15 is 0 Å². The maximum Gasteiger partial charge on any atom is 0.258 e. The molecule has 0 bridgehead atoms. The Morgan fingerprint density at radius 1 is 0.838 bits per heavy atom. The molecule has 1 aromatic heterocycles. The molecule has 37 heavy (non-hydrogen) atoms. The Morgan fingerprint density at radius 3 is 2.05 bits per heavy atom. The van der Waals surface area contributed by atoms with E-state index in [1.807, 2.05) is 35.2 Å². The van der Waals surface area contributed by atoms with E-state index < -0.39 is 0 Å². The highest BCUT2D eigenvalue weighted by Crippen LogP contribution is 2.34. The number of aromatic nitrogens is 1. The lowest BCUT2D eigenvalue weighted by Crippen LogP contribution is -2.48. The predicted octanol–water partition coefficient (Wildman–Crippen LogP) is 4.47. The second kappa shape index (κ2) is 12.5. The van der Waals surface area contributed by atoms with Gasteiger partial charge >= 0.3 is 0 Å². The van der Waals surface area contributed by atoms with E-state index in [4.69, 9.17) is 18.9 Å². The lowest BCUT2D eigenvalue weighted by Gasteiger charge is -2.39. The molecule has 0 saturated carbocycles. The minimum absolute atomic E-state index is 0.0432. The number of carbonyl (C=O) groups excluding carboxylic acids is 1. The van der Waals surface area contributed by atoms with Crippen LogP contribution in [0.2, 0.25) is 0 Å². The van der Waals surface area contributed by atoms with E-state index in [9.17, 15) is 4.79 Å². The number of piperidine rings is 1. The van der Waals surface area contributed by atoms with E-state index in [-0.39, 0.29) is 11.9 Å². The molecule has 1 aliphatic rings. The molecule has 2 aromatic carbocycles. The topological polar surface area (TPSA) is 73.4 Å². The highest BCUT2D eigenvalue weighted by atomic mass is 16.5. The predicted molar refractivity (Wildman–Crippen MR) is 143 cm³/mol. The molecule has 1 fully saturated rings. The zero-order valence-electron chi connectivity index (χ0n) is 22.0. The Kier molecular flexibility index (Phi) is 8.85. The Labute approximate surface area is 218 Å². The van der Waals surface area contributed by atoms with Gasteiger partial charge in [0.15, 0.2) is 23.0 Å². The van der Waals surface area contributed by atoms with Crippen LogP contribution in [0.3, 0.4) is 0 Å². The molecule has 8 heteroatoms. The van der Waals surface area contributed by atoms with Gasteiger partial charge in [-0.05, 0) is 61.2 Å². The van der Waals surface area contributed by atoms with Crippen molar-refractivity contribution in [2.75, 3.05) is 53.0 Å². The fraction of sp³-hybridized carbons (Fsp3) is 0.379. The van der Waals surface area contributed by atoms with E-state index in [0.29, 0.717) is 17.1 Å². The molecule has 4 rings (SSSR count). The van der Waals surface area contributed by atoms with Crippen molar-refractivity contribution in [2.24, 2.45) is 0 Å². The first kappa shape index (κ1) is 26.3. The van der Waals surface area contributed by atoms with Crippen molar-refractivity contribution in [1.82, 2.24) is 9.88 Å². The fourth-order valence-corrected chi connectivity index (χ4v) is 4.83. The summed E-state index contributed by atoms with van der Waals surface area (Å²) in [6, 6.07) is 15.3. The Morgan fingerprint density at radius 2 is 1.43 bits per heavy atom. The van der Waals surface area contributed by atoms with E-state index in [1.165, 1.54) is 5.56 Å². The molecule has 0 aliphatic carbocycles. The standard InChI is InChI=1S/C29H35N3O5/c1-34-25-7-5-21(19-27(25)36-3)11-16-31-17-12-23(13-18-31)32(29(33)22-9-14-30-15-10-22)24-6-8-26(35-2)28(20-24)37-4/h5-10,14-15,19-20,23H,11-13,16-18H2,1-4H3. The average molecular weight is 506 g/mol. The highest BCUT2D eigenvalue weighted by molar-refractivity contribution is 6.06. The van der Waals surface area contributed by atoms with Crippen LogP contribution in [0.25, 0.3) is 0 Å². The molecule has 0 unspecified atom stereocenters. The fourth-order valence-electron chi connectivity index (χ4n) is 4.83. The number of ether oxygens (including phenoxy) is 4. The van der Waals surface area contributed by atoms with Gasteiger partial charge in [-0.1, -0.05) is 6.07 Å². The van der Waals surface area contributed by atoms with E-state index in [0.717, 1.165) is 56.1 Å². The van der Waals surface area contributed by atoms with E-state index in [2.05, 4.69) is 16.0 Å². The second-order valence-corrected chi connectivity index (χ2v) is 8.96. The summed E-state index contributed by atoms with van der Waals surface area (Å²) in [5.74, 6) is 2.67. The first-order valence-electron chi connectivity index (χ1n) is 12.5. The molecule has 1 aliphatic heterocycles. The minimum atomic E-state index is -0.0432. The molecule has 8 nitrogen and oxygen atoms in total. The average Bonchev–Trinajstić information content (AvgIpc) is 2.96. The molecule has 0 radical (unpaired) electrons. The van der Waals surface area contributed by atoms with Crippen molar-refractivity contribution in [1.29, 1.82) is 0 Å². The van der Waals surface area contributed by atoms with Gasteiger partial charge in [-0.25, -0.2) is 0 Å². The van der Waals surface area contributed by atoms with Gasteiger partial charge in [-0.3, -0.25) is 9.78 Å². The quantitative estimate of drug-likeness (QED) is 0.403. The third kappa shape index (κ3) is 6.14. The van der Waals surface area contributed by atoms with Crippen LogP contribution in [0.4, 0.5) is 5.69 Å². The number of carbonyl (C=O) groups is 1. The Hall–Kier alpha value is -3.78. The van der Waals surface area contributed by atoms with Crippen LogP contribution < -0.4 is 23.8 Å². The van der Waals surface area contributed by atoms with Gasteiger partial charge in [0.25, 0.3) is 5.91 Å². The number of pyridine rings is 1. The number of hydrogen-bond acceptors (Lipinski definition) is 7. The number of nitrogens with zero attached hydrogens (tertiary/aromatic N) is 3. The van der Waals surface area contributed by atoms with Gasteiger partial charge in [-0.2, -0.15) is 0 Å². The molecular formula is C29H35N3O5. The zero-order valence-corrected chi connectivity index (χ0v) is 22.0. The maximum absolute atomic E-state index is 13.7. The molecule has 2 heterocycles. The number of benzene rings is 2. The lowest BCUT2D eigenvalue weighted by molar-refractivity contribution is 0.0960. The minimum Gasteiger partial charge on any atom is -0.493 e. The normalized spacial score (nSPS) is 14.2. The summed E-state index contributed by atoms with van der Waals surface area (Å²) < 4.78 is 21.7. The molecule has 3 aromatic rings. The Balaban J connectivity index is 1.47. The smallest absolute Gasteiger partial charge is 0.258 e. The highest BCUT2D eigenvalue weighted by Gasteiger charge is 2.30. The third-order valence-electron chi connectivity index (χ3n) is 6.88. The Bertz CT molecular complexity index is 1180. The number of methoxy groups -OCH3 is 4. The largest absolute Gasteiger partial charge is 0.493 e. The van der Waals surface area contributed by atoms with Crippen LogP contribution in [0.5, 0.6) is 23.0 Å². The molecule has 1 saturated heterocycles. The van der Waals surface area contributed by atoms with Crippen molar-refractivity contribution < 1.29 is 23.7 Å². The molecule has 0 atom stereocenters. The maximum atomic E-state index is 13.7. The summed E-state index contributed by atoms with van der Waals surface area (Å²) in [6.45, 7) is 2.76. The van der Waals surface area contributed by atoms with Gasteiger partial charge in [0.05, 0.1) is 28.4 Å². The molecule has 0 N–H and O–H groups in total. The monoisotopic (exact) mass is 505 g/mol. The van der Waals surface area contributed by atoms with Crippen molar-refractivity contribution in [3.63, 3.8) is 0 Å². The third-order valence-corrected chi connectivity index (χ3v) is 6.88. The van der Waals surface area contributed by atoms with Gasteiger partial charge < -0.3 is 28.7 Å². The van der Waals surface area contributed by atoms with Crippen molar-refractivity contribution in [3.8, 4) is 23.0 Å². The van der Waals surface area contributed by atoms with Gasteiger partial charge in [-0.15, -0.1) is 0 Å². The number of likely N-dealkylation sites (tertiary alicyclic amines) is 1. The number of rotatable bonds is 10. The SMILES string of the molecule is COc1ccc(CCN2CCC(N(C(=O)c3ccncc3)c3ccc(OC)c(OC)c3)CC2)cc1OC. The first-order chi connectivity index (χ1) is 18.1. The summed E-state index contributed by atoms with van der Waals surface area (Å²) in [6.07, 6.45) is 5.96. The molecular weight excluding hydrogens is 470 g/mol. The number of amides is 1. The number of anilines is 1. The summed E-state index contributed by atoms with van der Waals surface area (Å²) in [7, 11) is 6.51. The summed E-state index contributed by atoms with van der Waals surface area (Å²) in [5.41, 5.74) is 2.61. The lowest BCUT2D eigenvalue weighted by atomic mass is 10.00. The van der Waals surface area contributed by atoms with E-state index in [1.54, 1.807) is 53.0 Å². The summed E-state index contributed by atoms with van der Waals surface area (Å²) >= 11 is 0. The van der Waals surface area contributed by atoms with Crippen molar-refractivity contribution >= 4 is 11.6 Å². The van der Waals surface area contributed by atoms with Crippen LogP contribution >= 0.6 is 0 Å². The molecule has 1 amide bonds. The van der Waals surface area contributed by atoms with Gasteiger partial charge in [0, 0.05) is 55.4 Å². The van der Waals surface area contributed by atoms with Gasteiger partial charge in [0.1, 0.15) is 0 Å². The van der Waals surface area contributed by atoms with Crippen LogP contribution in [0, 0.1) is 0 Å². The van der Waals surface area contributed by atoms with Crippen LogP contribution in [0.15, 0.2) is 60.9 Å². The second-order valence-electron chi connectivity index (χ2n) is 8.96. The first-order valence-corrected chi connectivity index (χ1v) is 12.5. The van der Waals surface area contributed by atoms with Crippen molar-refractivity contribution in [2.45, 2.75) is 25.3 Å². The van der Waals surface area contributed by atoms with Crippen LogP contribution in [0.1, 0.15) is 28.8 Å². The summed E-state index contributed by atoms with van der Waals surface area (Å²) in [4.78, 5) is 22.1. The van der Waals surface area contributed by atoms with Crippen LogP contribution in [-0.2, 0) is 6.42 Å². The summed E-state index contributed by atoms with van der Waals surface area (Å²) in [5, 5.41) is 0.